The van der Waals surface area contributed by atoms with E-state index in [9.17, 15) is 0 Å². The monoisotopic (exact) mass is 221 g/mol. The highest BCUT2D eigenvalue weighted by Crippen LogP contribution is 2.30. The summed E-state index contributed by atoms with van der Waals surface area (Å²) in [6.45, 7) is 1.02. The second kappa shape index (κ2) is 6.04. The van der Waals surface area contributed by atoms with E-state index in [2.05, 4.69) is 21.6 Å². The molecule has 16 heavy (non-hydrogen) atoms. The van der Waals surface area contributed by atoms with Crippen molar-refractivity contribution in [3.63, 3.8) is 0 Å². The van der Waals surface area contributed by atoms with Crippen molar-refractivity contribution in [2.75, 3.05) is 13.6 Å². The summed E-state index contributed by atoms with van der Waals surface area (Å²) in [7, 11) is 1.99. The Hall–Kier alpha value is -0.830. The van der Waals surface area contributed by atoms with Crippen molar-refractivity contribution in [3.05, 3.63) is 17.5 Å². The lowest BCUT2D eigenvalue weighted by Crippen LogP contribution is -2.10. The maximum atomic E-state index is 4.48. The summed E-state index contributed by atoms with van der Waals surface area (Å²) in [4.78, 5) is 0. The van der Waals surface area contributed by atoms with E-state index >= 15 is 0 Å². The van der Waals surface area contributed by atoms with Crippen LogP contribution in [-0.2, 0) is 6.42 Å². The van der Waals surface area contributed by atoms with Crippen molar-refractivity contribution in [1.29, 1.82) is 0 Å². The number of nitrogens with zero attached hydrogens (tertiary/aromatic N) is 1. The molecule has 2 rings (SSSR count). The first-order valence-electron chi connectivity index (χ1n) is 6.59. The van der Waals surface area contributed by atoms with E-state index < -0.39 is 0 Å². The van der Waals surface area contributed by atoms with Gasteiger partial charge in [0, 0.05) is 24.6 Å². The van der Waals surface area contributed by atoms with Gasteiger partial charge in [-0.2, -0.15) is 5.10 Å². The molecule has 0 atom stereocenters. The predicted molar refractivity (Wildman–Crippen MR) is 66.7 cm³/mol. The van der Waals surface area contributed by atoms with Crippen molar-refractivity contribution >= 4 is 0 Å². The third-order valence-corrected chi connectivity index (χ3v) is 3.57. The molecule has 0 saturated heterocycles. The Morgan fingerprint density at radius 1 is 1.31 bits per heavy atom. The van der Waals surface area contributed by atoms with Crippen LogP contribution in [0.15, 0.2) is 6.07 Å². The van der Waals surface area contributed by atoms with Gasteiger partial charge in [0.2, 0.25) is 0 Å². The quantitative estimate of drug-likeness (QED) is 0.767. The number of aromatic amines is 1. The minimum absolute atomic E-state index is 0.710. The molecule has 0 radical (unpaired) electrons. The fraction of sp³-hybridized carbons (Fsp3) is 0.769. The van der Waals surface area contributed by atoms with Crippen LogP contribution in [0.2, 0.25) is 0 Å². The molecule has 1 saturated carbocycles. The van der Waals surface area contributed by atoms with Gasteiger partial charge < -0.3 is 5.32 Å². The molecule has 2 N–H and O–H groups in total. The van der Waals surface area contributed by atoms with Crippen LogP contribution in [0.5, 0.6) is 0 Å². The zero-order valence-electron chi connectivity index (χ0n) is 10.3. The number of hydrogen-bond acceptors (Lipinski definition) is 2. The van der Waals surface area contributed by atoms with Gasteiger partial charge in [0.25, 0.3) is 0 Å². The van der Waals surface area contributed by atoms with Gasteiger partial charge in [-0.05, 0) is 26.0 Å². The summed E-state index contributed by atoms with van der Waals surface area (Å²) in [5, 5.41) is 10.8. The highest BCUT2D eigenvalue weighted by Gasteiger charge is 2.16. The Labute approximate surface area is 98.0 Å². The first-order valence-corrected chi connectivity index (χ1v) is 6.59. The van der Waals surface area contributed by atoms with Gasteiger partial charge in [0.1, 0.15) is 0 Å². The minimum Gasteiger partial charge on any atom is -0.319 e. The van der Waals surface area contributed by atoms with Crippen LogP contribution in [-0.4, -0.2) is 23.8 Å². The fourth-order valence-electron chi connectivity index (χ4n) is 2.55. The Bertz CT molecular complexity index is 298. The summed E-state index contributed by atoms with van der Waals surface area (Å²) < 4.78 is 0. The summed E-state index contributed by atoms with van der Waals surface area (Å²) in [6.07, 6.45) is 9.29. The second-order valence-corrected chi connectivity index (χ2v) is 4.86. The molecule has 1 heterocycles. The maximum absolute atomic E-state index is 4.48. The highest BCUT2D eigenvalue weighted by molar-refractivity contribution is 5.13. The van der Waals surface area contributed by atoms with E-state index in [0.29, 0.717) is 5.92 Å². The number of hydrogen-bond donors (Lipinski definition) is 2. The molecule has 1 fully saturated rings. The third-order valence-electron chi connectivity index (χ3n) is 3.57. The molecule has 0 spiro atoms. The molecule has 0 amide bonds. The van der Waals surface area contributed by atoms with E-state index in [4.69, 9.17) is 0 Å². The summed E-state index contributed by atoms with van der Waals surface area (Å²) in [6, 6.07) is 2.27. The van der Waals surface area contributed by atoms with E-state index in [1.54, 1.807) is 0 Å². The van der Waals surface area contributed by atoms with Crippen molar-refractivity contribution < 1.29 is 0 Å². The van der Waals surface area contributed by atoms with Gasteiger partial charge in [-0.25, -0.2) is 0 Å². The Kier molecular flexibility index (Phi) is 4.40. The van der Waals surface area contributed by atoms with Crippen LogP contribution in [0.4, 0.5) is 0 Å². The molecule has 90 valence electrons. The van der Waals surface area contributed by atoms with E-state index in [-0.39, 0.29) is 0 Å². The SMILES string of the molecule is CNCCc1cc(C2CCCCCC2)n[nH]1. The molecule has 3 heteroatoms. The Balaban J connectivity index is 1.94. The highest BCUT2D eigenvalue weighted by atomic mass is 15.1. The van der Waals surface area contributed by atoms with Crippen LogP contribution < -0.4 is 5.32 Å². The normalized spacial score (nSPS) is 18.6. The van der Waals surface area contributed by atoms with Crippen molar-refractivity contribution in [3.8, 4) is 0 Å². The average Bonchev–Trinajstić information content (AvgIpc) is 2.60. The van der Waals surface area contributed by atoms with Crippen LogP contribution in [0.3, 0.4) is 0 Å². The van der Waals surface area contributed by atoms with Crippen LogP contribution in [0.25, 0.3) is 0 Å². The van der Waals surface area contributed by atoms with Gasteiger partial charge in [-0.3, -0.25) is 5.10 Å². The summed E-state index contributed by atoms with van der Waals surface area (Å²) in [5.74, 6) is 0.710. The number of aromatic nitrogens is 2. The minimum atomic E-state index is 0.710. The Morgan fingerprint density at radius 2 is 2.06 bits per heavy atom. The van der Waals surface area contributed by atoms with Crippen LogP contribution in [0, 0.1) is 0 Å². The molecule has 1 aliphatic rings. The lowest BCUT2D eigenvalue weighted by Gasteiger charge is -2.09. The summed E-state index contributed by atoms with van der Waals surface area (Å²) in [5.41, 5.74) is 2.57. The average molecular weight is 221 g/mol. The molecule has 1 aliphatic carbocycles. The van der Waals surface area contributed by atoms with E-state index in [1.807, 2.05) is 7.05 Å². The van der Waals surface area contributed by atoms with Gasteiger partial charge >= 0.3 is 0 Å². The molecule has 0 unspecified atom stereocenters. The Morgan fingerprint density at radius 3 is 2.75 bits per heavy atom. The van der Waals surface area contributed by atoms with Crippen molar-refractivity contribution in [2.45, 2.75) is 50.9 Å². The first kappa shape index (κ1) is 11.6. The molecule has 1 aromatic rings. The molecule has 0 aromatic carbocycles. The maximum Gasteiger partial charge on any atom is 0.0655 e. The van der Waals surface area contributed by atoms with Gasteiger partial charge in [-0.15, -0.1) is 0 Å². The zero-order valence-corrected chi connectivity index (χ0v) is 10.3. The smallest absolute Gasteiger partial charge is 0.0655 e. The van der Waals surface area contributed by atoms with Crippen LogP contribution in [0.1, 0.15) is 55.8 Å². The van der Waals surface area contributed by atoms with Gasteiger partial charge in [-0.1, -0.05) is 25.7 Å². The third kappa shape index (κ3) is 3.08. The van der Waals surface area contributed by atoms with Crippen molar-refractivity contribution in [1.82, 2.24) is 15.5 Å². The first-order chi connectivity index (χ1) is 7.90. The standard InChI is InChI=1S/C13H23N3/c1-14-9-8-12-10-13(16-15-12)11-6-4-2-3-5-7-11/h10-11,14H,2-9H2,1H3,(H,15,16). The van der Waals surface area contributed by atoms with E-state index in [1.165, 1.54) is 49.9 Å². The predicted octanol–water partition coefficient (Wildman–Crippen LogP) is 2.61. The van der Waals surface area contributed by atoms with E-state index in [0.717, 1.165) is 13.0 Å². The molecular formula is C13H23N3. The summed E-state index contributed by atoms with van der Waals surface area (Å²) >= 11 is 0. The van der Waals surface area contributed by atoms with Gasteiger partial charge in [0.05, 0.1) is 5.69 Å². The lowest BCUT2D eigenvalue weighted by molar-refractivity contribution is 0.576. The number of H-pyrrole nitrogens is 1. The van der Waals surface area contributed by atoms with Crippen LogP contribution >= 0.6 is 0 Å². The largest absolute Gasteiger partial charge is 0.319 e. The van der Waals surface area contributed by atoms with Crippen molar-refractivity contribution in [2.24, 2.45) is 0 Å². The topological polar surface area (TPSA) is 40.7 Å². The molecule has 3 nitrogen and oxygen atoms in total. The fourth-order valence-corrected chi connectivity index (χ4v) is 2.55. The van der Waals surface area contributed by atoms with Gasteiger partial charge in [0.15, 0.2) is 0 Å². The molecule has 1 aromatic heterocycles. The number of nitrogens with one attached hydrogen (secondary N) is 2. The lowest BCUT2D eigenvalue weighted by atomic mass is 9.96. The molecule has 0 aliphatic heterocycles. The zero-order chi connectivity index (χ0) is 11.2. The number of rotatable bonds is 4. The second-order valence-electron chi connectivity index (χ2n) is 4.86. The molecular weight excluding hydrogens is 198 g/mol. The number of likely N-dealkylation sites (N-methyl/N-ethyl adjacent to an activating group) is 1. The molecule has 0 bridgehead atoms.